The lowest BCUT2D eigenvalue weighted by molar-refractivity contribution is 0.597. The van der Waals surface area contributed by atoms with Crippen molar-refractivity contribution in [3.8, 4) is 0 Å². The summed E-state index contributed by atoms with van der Waals surface area (Å²) in [7, 11) is -3.66. The van der Waals surface area contributed by atoms with Crippen LogP contribution in [-0.2, 0) is 16.4 Å². The maximum absolute atomic E-state index is 11.3. The van der Waals surface area contributed by atoms with E-state index in [4.69, 9.17) is 5.14 Å². The largest absolute Gasteiger partial charge is 0.249 e. The number of nitrogens with zero attached hydrogens (tertiary/aromatic N) is 1. The summed E-state index contributed by atoms with van der Waals surface area (Å²) in [5, 5.41) is 7.87. The van der Waals surface area contributed by atoms with E-state index in [1.807, 2.05) is 5.38 Å². The number of sulfonamides is 1. The summed E-state index contributed by atoms with van der Waals surface area (Å²) in [6.45, 7) is 0. The molecule has 16 heavy (non-hydrogen) atoms. The van der Waals surface area contributed by atoms with Gasteiger partial charge in [-0.25, -0.2) is 18.5 Å². The minimum Gasteiger partial charge on any atom is -0.249 e. The quantitative estimate of drug-likeness (QED) is 0.899. The van der Waals surface area contributed by atoms with Crippen LogP contribution in [-0.4, -0.2) is 13.4 Å². The molecule has 1 aromatic heterocycles. The Morgan fingerprint density at radius 2 is 2.06 bits per heavy atom. The highest BCUT2D eigenvalue weighted by atomic mass is 32.2. The van der Waals surface area contributed by atoms with Crippen molar-refractivity contribution in [2.75, 3.05) is 0 Å². The molecule has 2 aromatic rings. The van der Waals surface area contributed by atoms with Crippen molar-refractivity contribution in [1.82, 2.24) is 4.98 Å². The van der Waals surface area contributed by atoms with Crippen LogP contribution >= 0.6 is 11.3 Å². The first-order valence-corrected chi connectivity index (χ1v) is 6.99. The molecule has 0 amide bonds. The first-order valence-electron chi connectivity index (χ1n) is 4.56. The molecule has 0 fully saturated rings. The summed E-state index contributed by atoms with van der Waals surface area (Å²) in [5.74, 6) is 0. The van der Waals surface area contributed by atoms with Gasteiger partial charge in [0.2, 0.25) is 10.0 Å². The second kappa shape index (κ2) is 4.32. The van der Waals surface area contributed by atoms with Crippen molar-refractivity contribution >= 4 is 21.4 Å². The number of hydrogen-bond acceptors (Lipinski definition) is 4. The molecule has 6 heteroatoms. The summed E-state index contributed by atoms with van der Waals surface area (Å²) in [6, 6.07) is 6.71. The standard InChI is InChI=1S/C10H10N2O2S2/c11-16(13,14)9-4-2-1-3-8(9)7-10-12-5-6-15-10/h1-6H,7H2,(H2,11,13,14). The van der Waals surface area contributed by atoms with Gasteiger partial charge in [-0.1, -0.05) is 18.2 Å². The lowest BCUT2D eigenvalue weighted by Crippen LogP contribution is -2.14. The third-order valence-electron chi connectivity index (χ3n) is 2.10. The molecule has 0 unspecified atom stereocenters. The average Bonchev–Trinajstić information content (AvgIpc) is 2.70. The Kier molecular flexibility index (Phi) is 3.04. The van der Waals surface area contributed by atoms with Crippen LogP contribution < -0.4 is 5.14 Å². The molecular formula is C10H10N2O2S2. The first-order chi connectivity index (χ1) is 7.57. The van der Waals surface area contributed by atoms with E-state index in [1.54, 1.807) is 24.4 Å². The predicted octanol–water partition coefficient (Wildman–Crippen LogP) is 1.38. The molecule has 0 aliphatic heterocycles. The van der Waals surface area contributed by atoms with Crippen molar-refractivity contribution in [1.29, 1.82) is 0 Å². The molecule has 0 radical (unpaired) electrons. The summed E-state index contributed by atoms with van der Waals surface area (Å²) in [6.07, 6.45) is 2.18. The Balaban J connectivity index is 2.42. The third kappa shape index (κ3) is 2.46. The topological polar surface area (TPSA) is 73.1 Å². The Labute approximate surface area is 97.8 Å². The van der Waals surface area contributed by atoms with Gasteiger partial charge in [0.25, 0.3) is 0 Å². The van der Waals surface area contributed by atoms with Crippen LogP contribution in [0.2, 0.25) is 0 Å². The monoisotopic (exact) mass is 254 g/mol. The number of benzene rings is 1. The van der Waals surface area contributed by atoms with E-state index in [9.17, 15) is 8.42 Å². The zero-order chi connectivity index (χ0) is 11.6. The molecular weight excluding hydrogens is 244 g/mol. The zero-order valence-electron chi connectivity index (χ0n) is 8.33. The van der Waals surface area contributed by atoms with E-state index in [-0.39, 0.29) is 4.90 Å². The van der Waals surface area contributed by atoms with E-state index in [2.05, 4.69) is 4.98 Å². The SMILES string of the molecule is NS(=O)(=O)c1ccccc1Cc1nccs1. The zero-order valence-corrected chi connectivity index (χ0v) is 9.96. The highest BCUT2D eigenvalue weighted by Gasteiger charge is 2.13. The fourth-order valence-corrected chi connectivity index (χ4v) is 2.84. The second-order valence-corrected chi connectivity index (χ2v) is 5.76. The maximum Gasteiger partial charge on any atom is 0.238 e. The smallest absolute Gasteiger partial charge is 0.238 e. The predicted molar refractivity (Wildman–Crippen MR) is 62.7 cm³/mol. The molecule has 0 bridgehead atoms. The van der Waals surface area contributed by atoms with Crippen LogP contribution in [0.5, 0.6) is 0 Å². The van der Waals surface area contributed by atoms with Gasteiger partial charge in [-0.3, -0.25) is 0 Å². The molecule has 0 aliphatic rings. The Hall–Kier alpha value is -1.24. The number of aromatic nitrogens is 1. The summed E-state index contributed by atoms with van der Waals surface area (Å²) in [4.78, 5) is 4.29. The van der Waals surface area contributed by atoms with E-state index in [0.29, 0.717) is 12.0 Å². The lowest BCUT2D eigenvalue weighted by Gasteiger charge is -2.05. The van der Waals surface area contributed by atoms with Crippen LogP contribution in [0.4, 0.5) is 0 Å². The van der Waals surface area contributed by atoms with Crippen LogP contribution in [0.3, 0.4) is 0 Å². The van der Waals surface area contributed by atoms with Gasteiger partial charge < -0.3 is 0 Å². The number of hydrogen-bond donors (Lipinski definition) is 1. The minimum atomic E-state index is -3.66. The molecule has 4 nitrogen and oxygen atoms in total. The van der Waals surface area contributed by atoms with Gasteiger partial charge in [0.15, 0.2) is 0 Å². The van der Waals surface area contributed by atoms with Crippen molar-refractivity contribution in [2.45, 2.75) is 11.3 Å². The normalized spacial score (nSPS) is 11.6. The van der Waals surface area contributed by atoms with Crippen molar-refractivity contribution in [3.63, 3.8) is 0 Å². The van der Waals surface area contributed by atoms with Crippen LogP contribution in [0, 0.1) is 0 Å². The van der Waals surface area contributed by atoms with E-state index < -0.39 is 10.0 Å². The molecule has 0 saturated heterocycles. The summed E-state index contributed by atoms with van der Waals surface area (Å²) in [5.41, 5.74) is 0.681. The highest BCUT2D eigenvalue weighted by Crippen LogP contribution is 2.18. The second-order valence-electron chi connectivity index (χ2n) is 3.26. The number of thiazole rings is 1. The van der Waals surface area contributed by atoms with Gasteiger partial charge in [-0.05, 0) is 11.6 Å². The molecule has 0 aliphatic carbocycles. The molecule has 2 N–H and O–H groups in total. The lowest BCUT2D eigenvalue weighted by atomic mass is 10.2. The van der Waals surface area contributed by atoms with Crippen molar-refractivity contribution < 1.29 is 8.42 Å². The Morgan fingerprint density at radius 1 is 1.31 bits per heavy atom. The molecule has 0 spiro atoms. The van der Waals surface area contributed by atoms with E-state index >= 15 is 0 Å². The van der Waals surface area contributed by atoms with Gasteiger partial charge in [-0.2, -0.15) is 0 Å². The third-order valence-corrected chi connectivity index (χ3v) is 3.90. The Morgan fingerprint density at radius 3 is 2.69 bits per heavy atom. The van der Waals surface area contributed by atoms with Crippen LogP contribution in [0.15, 0.2) is 40.7 Å². The van der Waals surface area contributed by atoms with Crippen LogP contribution in [0.25, 0.3) is 0 Å². The van der Waals surface area contributed by atoms with Gasteiger partial charge in [0, 0.05) is 18.0 Å². The number of nitrogens with two attached hydrogens (primary N) is 1. The average molecular weight is 254 g/mol. The number of primary sulfonamides is 1. The molecule has 1 aromatic carbocycles. The van der Waals surface area contributed by atoms with E-state index in [1.165, 1.54) is 17.4 Å². The molecule has 84 valence electrons. The van der Waals surface area contributed by atoms with Gasteiger partial charge >= 0.3 is 0 Å². The minimum absolute atomic E-state index is 0.171. The molecule has 2 rings (SSSR count). The fraction of sp³-hybridized carbons (Fsp3) is 0.100. The number of rotatable bonds is 3. The molecule has 0 atom stereocenters. The molecule has 0 saturated carbocycles. The van der Waals surface area contributed by atoms with Crippen molar-refractivity contribution in [3.05, 3.63) is 46.4 Å². The van der Waals surface area contributed by atoms with Gasteiger partial charge in [0.1, 0.15) is 0 Å². The highest BCUT2D eigenvalue weighted by molar-refractivity contribution is 7.89. The molecule has 1 heterocycles. The Bertz CT molecular complexity index is 577. The fourth-order valence-electron chi connectivity index (χ4n) is 1.43. The maximum atomic E-state index is 11.3. The van der Waals surface area contributed by atoms with Crippen molar-refractivity contribution in [2.24, 2.45) is 5.14 Å². The van der Waals surface area contributed by atoms with Gasteiger partial charge in [0.05, 0.1) is 9.90 Å². The summed E-state index contributed by atoms with van der Waals surface area (Å²) < 4.78 is 22.7. The first kappa shape index (κ1) is 11.3. The van der Waals surface area contributed by atoms with Gasteiger partial charge in [-0.15, -0.1) is 11.3 Å². The van der Waals surface area contributed by atoms with E-state index in [0.717, 1.165) is 5.01 Å². The summed E-state index contributed by atoms with van der Waals surface area (Å²) >= 11 is 1.49. The van der Waals surface area contributed by atoms with Crippen LogP contribution in [0.1, 0.15) is 10.6 Å².